The van der Waals surface area contributed by atoms with Crippen molar-refractivity contribution < 1.29 is 23.7 Å². The highest BCUT2D eigenvalue weighted by atomic mass is 16.5. The molecule has 0 atom stereocenters. The minimum absolute atomic E-state index is 0.550. The molecule has 4 aromatic rings. The third-order valence-corrected chi connectivity index (χ3v) is 5.59. The third kappa shape index (κ3) is 4.62. The minimum Gasteiger partial charge on any atom is -0.497 e. The number of aromatic nitrogens is 1. The van der Waals surface area contributed by atoms with Crippen LogP contribution >= 0.6 is 0 Å². The summed E-state index contributed by atoms with van der Waals surface area (Å²) in [7, 11) is 8.12. The summed E-state index contributed by atoms with van der Waals surface area (Å²) in [6, 6.07) is 23.7. The number of hydrogen-bond donors (Lipinski definition) is 0. The molecule has 1 aromatic heterocycles. The molecule has 0 spiro atoms. The molecule has 6 heteroatoms. The predicted molar refractivity (Wildman–Crippen MR) is 133 cm³/mol. The molecule has 0 unspecified atom stereocenters. The fourth-order valence-corrected chi connectivity index (χ4v) is 3.76. The Morgan fingerprint density at radius 1 is 0.441 bits per heavy atom. The molecular weight excluding hydrogens is 430 g/mol. The molecule has 0 aliphatic rings. The number of ether oxygens (including phenoxy) is 5. The van der Waals surface area contributed by atoms with Gasteiger partial charge in [0.05, 0.1) is 46.9 Å². The first kappa shape index (κ1) is 23.0. The van der Waals surface area contributed by atoms with Crippen molar-refractivity contribution in [2.24, 2.45) is 0 Å². The second-order valence-corrected chi connectivity index (χ2v) is 7.50. The molecule has 0 saturated carbocycles. The molecule has 0 fully saturated rings. The van der Waals surface area contributed by atoms with Crippen LogP contribution in [0.5, 0.6) is 28.7 Å². The molecule has 0 amide bonds. The largest absolute Gasteiger partial charge is 0.497 e. The molecular formula is C28H27NO5. The summed E-state index contributed by atoms with van der Waals surface area (Å²) in [5.41, 5.74) is 5.50. The highest BCUT2D eigenvalue weighted by molar-refractivity contribution is 5.79. The van der Waals surface area contributed by atoms with Crippen LogP contribution in [0.1, 0.15) is 0 Å². The zero-order valence-electron chi connectivity index (χ0n) is 19.9. The average molecular weight is 458 g/mol. The van der Waals surface area contributed by atoms with Crippen LogP contribution in [-0.2, 0) is 0 Å². The Bertz CT molecular complexity index is 1180. The Hall–Kier alpha value is -4.19. The molecule has 4 rings (SSSR count). The van der Waals surface area contributed by atoms with Crippen molar-refractivity contribution in [2.75, 3.05) is 35.5 Å². The molecule has 3 aromatic carbocycles. The van der Waals surface area contributed by atoms with Gasteiger partial charge >= 0.3 is 0 Å². The zero-order chi connectivity index (χ0) is 24.1. The van der Waals surface area contributed by atoms with E-state index in [-0.39, 0.29) is 0 Å². The van der Waals surface area contributed by atoms with Gasteiger partial charge in [0.1, 0.15) is 11.5 Å². The fraction of sp³-hybridized carbons (Fsp3) is 0.179. The van der Waals surface area contributed by atoms with Crippen molar-refractivity contribution in [3.8, 4) is 62.4 Å². The Labute approximate surface area is 199 Å². The van der Waals surface area contributed by atoms with Crippen LogP contribution in [0.2, 0.25) is 0 Å². The normalized spacial score (nSPS) is 10.5. The Morgan fingerprint density at radius 3 is 1.21 bits per heavy atom. The van der Waals surface area contributed by atoms with Crippen molar-refractivity contribution in [1.82, 2.24) is 4.98 Å². The number of methoxy groups -OCH3 is 5. The molecule has 6 nitrogen and oxygen atoms in total. The van der Waals surface area contributed by atoms with E-state index < -0.39 is 0 Å². The fourth-order valence-electron chi connectivity index (χ4n) is 3.76. The summed E-state index contributed by atoms with van der Waals surface area (Å²) < 4.78 is 27.3. The quantitative estimate of drug-likeness (QED) is 0.317. The Morgan fingerprint density at radius 2 is 0.853 bits per heavy atom. The van der Waals surface area contributed by atoms with Gasteiger partial charge in [-0.3, -0.25) is 0 Å². The topological polar surface area (TPSA) is 59.0 Å². The first-order valence-electron chi connectivity index (χ1n) is 10.7. The van der Waals surface area contributed by atoms with Crippen molar-refractivity contribution >= 4 is 0 Å². The number of hydrogen-bond acceptors (Lipinski definition) is 6. The summed E-state index contributed by atoms with van der Waals surface area (Å²) in [4.78, 5) is 4.96. The maximum Gasteiger partial charge on any atom is 0.203 e. The second kappa shape index (κ2) is 10.2. The van der Waals surface area contributed by atoms with Crippen LogP contribution in [0, 0.1) is 0 Å². The van der Waals surface area contributed by atoms with Gasteiger partial charge in [-0.25, -0.2) is 4.98 Å². The SMILES string of the molecule is COc1ccc(-c2cc(-c3cc(OC)c(OC)c(OC)c3)cc(-c3ccc(OC)cc3)n2)cc1. The summed E-state index contributed by atoms with van der Waals surface area (Å²) >= 11 is 0. The Balaban J connectivity index is 1.91. The van der Waals surface area contributed by atoms with Crippen molar-refractivity contribution in [1.29, 1.82) is 0 Å². The molecule has 0 aliphatic heterocycles. The monoisotopic (exact) mass is 457 g/mol. The van der Waals surface area contributed by atoms with Gasteiger partial charge in [0.15, 0.2) is 11.5 Å². The lowest BCUT2D eigenvalue weighted by Gasteiger charge is -2.16. The number of benzene rings is 3. The number of rotatable bonds is 8. The van der Waals surface area contributed by atoms with Crippen molar-refractivity contribution in [2.45, 2.75) is 0 Å². The summed E-state index contributed by atoms with van der Waals surface area (Å²) in [5.74, 6) is 3.31. The minimum atomic E-state index is 0.550. The maximum atomic E-state index is 5.57. The van der Waals surface area contributed by atoms with Gasteiger partial charge < -0.3 is 23.7 Å². The summed E-state index contributed by atoms with van der Waals surface area (Å²) in [6.45, 7) is 0. The highest BCUT2D eigenvalue weighted by Crippen LogP contribution is 2.42. The van der Waals surface area contributed by atoms with Crippen LogP contribution in [-0.4, -0.2) is 40.5 Å². The first-order valence-corrected chi connectivity index (χ1v) is 10.7. The second-order valence-electron chi connectivity index (χ2n) is 7.50. The molecule has 0 saturated heterocycles. The number of nitrogens with zero attached hydrogens (tertiary/aromatic N) is 1. The standard InChI is InChI=1S/C28H27NO5/c1-30-22-10-6-18(7-11-22)24-14-20(15-25(29-24)19-8-12-23(31-2)13-9-19)21-16-26(32-3)28(34-5)27(17-21)33-4/h6-17H,1-5H3. The van der Waals surface area contributed by atoms with Gasteiger partial charge in [-0.2, -0.15) is 0 Å². The van der Waals surface area contributed by atoms with Crippen molar-refractivity contribution in [3.63, 3.8) is 0 Å². The molecule has 0 N–H and O–H groups in total. The van der Waals surface area contributed by atoms with Crippen LogP contribution in [0.15, 0.2) is 72.8 Å². The van der Waals surface area contributed by atoms with E-state index in [0.717, 1.165) is 45.1 Å². The zero-order valence-corrected chi connectivity index (χ0v) is 19.9. The van der Waals surface area contributed by atoms with E-state index in [0.29, 0.717) is 17.2 Å². The summed E-state index contributed by atoms with van der Waals surface area (Å²) in [6.07, 6.45) is 0. The van der Waals surface area contributed by atoms with Gasteiger partial charge in [-0.15, -0.1) is 0 Å². The van der Waals surface area contributed by atoms with Gasteiger partial charge in [0.25, 0.3) is 0 Å². The van der Waals surface area contributed by atoms with E-state index in [2.05, 4.69) is 12.1 Å². The molecule has 0 bridgehead atoms. The average Bonchev–Trinajstić information content (AvgIpc) is 2.91. The smallest absolute Gasteiger partial charge is 0.203 e. The van der Waals surface area contributed by atoms with E-state index in [9.17, 15) is 0 Å². The van der Waals surface area contributed by atoms with Crippen LogP contribution in [0.4, 0.5) is 0 Å². The van der Waals surface area contributed by atoms with E-state index in [1.807, 2.05) is 60.7 Å². The van der Waals surface area contributed by atoms with E-state index in [1.165, 1.54) is 0 Å². The van der Waals surface area contributed by atoms with Crippen LogP contribution in [0.25, 0.3) is 33.6 Å². The van der Waals surface area contributed by atoms with Gasteiger partial charge in [-0.05, 0) is 83.9 Å². The third-order valence-electron chi connectivity index (χ3n) is 5.59. The van der Waals surface area contributed by atoms with Crippen LogP contribution in [0.3, 0.4) is 0 Å². The first-order chi connectivity index (χ1) is 16.6. The van der Waals surface area contributed by atoms with Crippen LogP contribution < -0.4 is 23.7 Å². The van der Waals surface area contributed by atoms with Crippen molar-refractivity contribution in [3.05, 3.63) is 72.8 Å². The van der Waals surface area contributed by atoms with E-state index in [4.69, 9.17) is 28.7 Å². The molecule has 1 heterocycles. The lowest BCUT2D eigenvalue weighted by atomic mass is 9.99. The maximum absolute atomic E-state index is 5.57. The Kier molecular flexibility index (Phi) is 6.87. The number of pyridine rings is 1. The molecule has 0 radical (unpaired) electrons. The van der Waals surface area contributed by atoms with E-state index >= 15 is 0 Å². The predicted octanol–water partition coefficient (Wildman–Crippen LogP) is 6.13. The summed E-state index contributed by atoms with van der Waals surface area (Å²) in [5, 5.41) is 0. The van der Waals surface area contributed by atoms with Gasteiger partial charge in [0, 0.05) is 11.1 Å². The molecule has 34 heavy (non-hydrogen) atoms. The lowest BCUT2D eigenvalue weighted by Crippen LogP contribution is -1.96. The highest BCUT2D eigenvalue weighted by Gasteiger charge is 2.16. The lowest BCUT2D eigenvalue weighted by molar-refractivity contribution is 0.324. The molecule has 174 valence electrons. The molecule has 0 aliphatic carbocycles. The van der Waals surface area contributed by atoms with Gasteiger partial charge in [0.2, 0.25) is 5.75 Å². The van der Waals surface area contributed by atoms with Gasteiger partial charge in [-0.1, -0.05) is 0 Å². The van der Waals surface area contributed by atoms with E-state index in [1.54, 1.807) is 35.5 Å².